The molecule has 104 valence electrons. The summed E-state index contributed by atoms with van der Waals surface area (Å²) in [6, 6.07) is 4.59. The van der Waals surface area contributed by atoms with Crippen molar-refractivity contribution < 1.29 is 27.8 Å². The Morgan fingerprint density at radius 3 is 2.63 bits per heavy atom. The van der Waals surface area contributed by atoms with E-state index in [2.05, 4.69) is 0 Å². The summed E-state index contributed by atoms with van der Waals surface area (Å²) in [5.74, 6) is 0.161. The first-order chi connectivity index (χ1) is 8.95. The fraction of sp³-hybridized carbons (Fsp3) is 0.417. The van der Waals surface area contributed by atoms with E-state index in [-0.39, 0.29) is 22.8 Å². The lowest BCUT2D eigenvalue weighted by molar-refractivity contribution is 0.0728. The van der Waals surface area contributed by atoms with E-state index in [1.165, 1.54) is 19.2 Å². The van der Waals surface area contributed by atoms with Gasteiger partial charge in [0.2, 0.25) is 0 Å². The third-order valence-electron chi connectivity index (χ3n) is 2.89. The van der Waals surface area contributed by atoms with Crippen molar-refractivity contribution >= 4 is 16.1 Å². The van der Waals surface area contributed by atoms with Crippen LogP contribution in [0, 0.1) is 0 Å². The summed E-state index contributed by atoms with van der Waals surface area (Å²) in [7, 11) is -1.82. The summed E-state index contributed by atoms with van der Waals surface area (Å²) in [4.78, 5) is 11.0. The summed E-state index contributed by atoms with van der Waals surface area (Å²) >= 11 is 0. The van der Waals surface area contributed by atoms with Gasteiger partial charge in [-0.05, 0) is 18.2 Å². The van der Waals surface area contributed by atoms with Crippen LogP contribution in [0.2, 0.25) is 0 Å². The molecule has 1 saturated heterocycles. The summed E-state index contributed by atoms with van der Waals surface area (Å²) in [5, 5.41) is 9.63. The fourth-order valence-corrected chi connectivity index (χ4v) is 3.59. The molecule has 1 heterocycles. The topological polar surface area (TPSA) is 89.9 Å². The minimum Gasteiger partial charge on any atom is -0.497 e. The van der Waals surface area contributed by atoms with E-state index in [0.29, 0.717) is 12.0 Å². The first kappa shape index (κ1) is 13.8. The lowest BCUT2D eigenvalue weighted by Gasteiger charge is -2.17. The van der Waals surface area contributed by atoms with E-state index in [1.54, 1.807) is 6.07 Å². The van der Waals surface area contributed by atoms with Crippen molar-refractivity contribution in [1.82, 2.24) is 0 Å². The molecule has 2 atom stereocenters. The van der Waals surface area contributed by atoms with E-state index in [4.69, 9.17) is 9.47 Å². The Balaban J connectivity index is 2.22. The molecule has 7 heteroatoms. The number of rotatable bonds is 4. The largest absolute Gasteiger partial charge is 0.497 e. The van der Waals surface area contributed by atoms with Crippen LogP contribution in [-0.4, -0.2) is 50.6 Å². The first-order valence-electron chi connectivity index (χ1n) is 5.63. The number of carbonyl (C=O) groups is 1. The second kappa shape index (κ2) is 5.18. The van der Waals surface area contributed by atoms with Crippen LogP contribution < -0.4 is 9.47 Å². The molecule has 2 unspecified atom stereocenters. The molecule has 0 spiro atoms. The van der Waals surface area contributed by atoms with Crippen molar-refractivity contribution in [2.75, 3.05) is 18.6 Å². The van der Waals surface area contributed by atoms with Crippen LogP contribution in [0.25, 0.3) is 0 Å². The van der Waals surface area contributed by atoms with Gasteiger partial charge in [0, 0.05) is 0 Å². The molecule has 0 aliphatic carbocycles. The van der Waals surface area contributed by atoms with Gasteiger partial charge in [-0.1, -0.05) is 0 Å². The highest BCUT2D eigenvalue weighted by Gasteiger charge is 2.38. The van der Waals surface area contributed by atoms with Crippen LogP contribution >= 0.6 is 0 Å². The maximum absolute atomic E-state index is 11.4. The predicted octanol–water partition coefficient (Wildman–Crippen LogP) is 0.0444. The molecule has 0 radical (unpaired) electrons. The Hall–Kier alpha value is -1.60. The van der Waals surface area contributed by atoms with Gasteiger partial charge in [-0.2, -0.15) is 0 Å². The molecular formula is C12H14O6S. The average molecular weight is 286 g/mol. The average Bonchev–Trinajstić information content (AvgIpc) is 2.62. The zero-order valence-corrected chi connectivity index (χ0v) is 11.1. The third-order valence-corrected chi connectivity index (χ3v) is 4.58. The summed E-state index contributed by atoms with van der Waals surface area (Å²) in [5.41, 5.74) is 0.246. The highest BCUT2D eigenvalue weighted by Crippen LogP contribution is 2.26. The van der Waals surface area contributed by atoms with Crippen LogP contribution in [-0.2, 0) is 9.84 Å². The van der Waals surface area contributed by atoms with Crippen LogP contribution in [0.5, 0.6) is 11.5 Å². The van der Waals surface area contributed by atoms with Gasteiger partial charge in [-0.15, -0.1) is 0 Å². The summed E-state index contributed by atoms with van der Waals surface area (Å²) < 4.78 is 33.1. The first-order valence-corrected chi connectivity index (χ1v) is 7.45. The molecule has 2 rings (SSSR count). The van der Waals surface area contributed by atoms with Crippen molar-refractivity contribution in [3.8, 4) is 11.5 Å². The standard InChI is InChI=1S/C12H14O6S/c1-17-9-2-3-11(8(4-9)5-13)18-12-7-19(15,16)6-10(12)14/h2-5,10,12,14H,6-7H2,1H3. The second-order valence-electron chi connectivity index (χ2n) is 4.32. The zero-order chi connectivity index (χ0) is 14.0. The van der Waals surface area contributed by atoms with Crippen LogP contribution in [0.15, 0.2) is 18.2 Å². The third kappa shape index (κ3) is 3.05. The molecule has 1 N–H and O–H groups in total. The van der Waals surface area contributed by atoms with Crippen LogP contribution in [0.3, 0.4) is 0 Å². The number of aliphatic hydroxyl groups excluding tert-OH is 1. The zero-order valence-electron chi connectivity index (χ0n) is 10.3. The van der Waals surface area contributed by atoms with E-state index < -0.39 is 22.0 Å². The quantitative estimate of drug-likeness (QED) is 0.786. The Kier molecular flexibility index (Phi) is 3.77. The molecular weight excluding hydrogens is 272 g/mol. The number of aldehydes is 1. The number of sulfone groups is 1. The fourth-order valence-electron chi connectivity index (χ4n) is 1.93. The summed E-state index contributed by atoms with van der Waals surface area (Å²) in [6.45, 7) is 0. The number of carbonyl (C=O) groups excluding carboxylic acids is 1. The van der Waals surface area contributed by atoms with Crippen molar-refractivity contribution in [2.24, 2.45) is 0 Å². The Morgan fingerprint density at radius 2 is 2.11 bits per heavy atom. The van der Waals surface area contributed by atoms with Gasteiger partial charge in [0.25, 0.3) is 0 Å². The molecule has 0 aromatic heterocycles. The van der Waals surface area contributed by atoms with Gasteiger partial charge >= 0.3 is 0 Å². The van der Waals surface area contributed by atoms with E-state index in [9.17, 15) is 18.3 Å². The van der Waals surface area contributed by atoms with Gasteiger partial charge in [0.05, 0.1) is 24.2 Å². The van der Waals surface area contributed by atoms with Gasteiger partial charge in [-0.25, -0.2) is 8.42 Å². The number of benzene rings is 1. The molecule has 0 bridgehead atoms. The van der Waals surface area contributed by atoms with Gasteiger partial charge in [0.15, 0.2) is 16.1 Å². The van der Waals surface area contributed by atoms with Gasteiger partial charge in [-0.3, -0.25) is 4.79 Å². The predicted molar refractivity (Wildman–Crippen MR) is 67.5 cm³/mol. The van der Waals surface area contributed by atoms with E-state index in [1.807, 2.05) is 0 Å². The molecule has 1 aromatic rings. The minimum atomic E-state index is -3.29. The van der Waals surface area contributed by atoms with Crippen molar-refractivity contribution in [2.45, 2.75) is 12.2 Å². The number of hydrogen-bond donors (Lipinski definition) is 1. The maximum Gasteiger partial charge on any atom is 0.156 e. The molecule has 1 aliphatic heterocycles. The van der Waals surface area contributed by atoms with Crippen molar-refractivity contribution in [1.29, 1.82) is 0 Å². The maximum atomic E-state index is 11.4. The van der Waals surface area contributed by atoms with E-state index >= 15 is 0 Å². The van der Waals surface area contributed by atoms with Gasteiger partial charge < -0.3 is 14.6 Å². The molecule has 0 amide bonds. The number of aliphatic hydroxyl groups is 1. The number of hydrogen-bond acceptors (Lipinski definition) is 6. The Labute approximate surface area is 110 Å². The highest BCUT2D eigenvalue weighted by molar-refractivity contribution is 7.91. The molecule has 1 fully saturated rings. The molecule has 6 nitrogen and oxygen atoms in total. The Bertz CT molecular complexity index is 580. The van der Waals surface area contributed by atoms with Gasteiger partial charge in [0.1, 0.15) is 23.7 Å². The van der Waals surface area contributed by atoms with Crippen molar-refractivity contribution in [3.63, 3.8) is 0 Å². The molecule has 1 aromatic carbocycles. The number of methoxy groups -OCH3 is 1. The lowest BCUT2D eigenvalue weighted by Crippen LogP contribution is -2.30. The molecule has 0 saturated carbocycles. The van der Waals surface area contributed by atoms with Crippen LogP contribution in [0.1, 0.15) is 10.4 Å². The smallest absolute Gasteiger partial charge is 0.156 e. The number of ether oxygens (including phenoxy) is 2. The van der Waals surface area contributed by atoms with Crippen LogP contribution in [0.4, 0.5) is 0 Å². The normalized spacial score (nSPS) is 24.9. The highest BCUT2D eigenvalue weighted by atomic mass is 32.2. The monoisotopic (exact) mass is 286 g/mol. The molecule has 19 heavy (non-hydrogen) atoms. The Morgan fingerprint density at radius 1 is 1.37 bits per heavy atom. The second-order valence-corrected chi connectivity index (χ2v) is 6.48. The van der Waals surface area contributed by atoms with E-state index in [0.717, 1.165) is 0 Å². The minimum absolute atomic E-state index is 0.233. The molecule has 1 aliphatic rings. The lowest BCUT2D eigenvalue weighted by atomic mass is 10.2. The SMILES string of the molecule is COc1ccc(OC2CS(=O)(=O)CC2O)c(C=O)c1. The summed E-state index contributed by atoms with van der Waals surface area (Å²) in [6.07, 6.45) is -1.34. The van der Waals surface area contributed by atoms with Crippen molar-refractivity contribution in [3.05, 3.63) is 23.8 Å².